The lowest BCUT2D eigenvalue weighted by Gasteiger charge is -2.08. The number of carbonyl (C=O) groups excluding carboxylic acids is 1. The Morgan fingerprint density at radius 2 is 1.96 bits per heavy atom. The standard InChI is InChI=1S/C15H16F3N3O5S/c1-23-10-4-3-9(7-11(10)24-2)12-20-21-14(26-12)27-6-5-19-13(22)25-8-15(16,17)18/h3-4,7H,5-6,8H2,1-2H3,(H,19,22). The molecule has 1 heterocycles. The van der Waals surface area contributed by atoms with Gasteiger partial charge in [-0.05, 0) is 18.2 Å². The zero-order valence-electron chi connectivity index (χ0n) is 14.3. The van der Waals surface area contributed by atoms with Crippen LogP contribution in [0.3, 0.4) is 0 Å². The van der Waals surface area contributed by atoms with Gasteiger partial charge < -0.3 is 23.9 Å². The molecule has 1 amide bonds. The highest BCUT2D eigenvalue weighted by atomic mass is 32.2. The Labute approximate surface area is 156 Å². The fourth-order valence-electron chi connectivity index (χ4n) is 1.84. The highest BCUT2D eigenvalue weighted by Crippen LogP contribution is 2.32. The SMILES string of the molecule is COc1ccc(-c2nnc(SCCNC(=O)OCC(F)(F)F)o2)cc1OC. The summed E-state index contributed by atoms with van der Waals surface area (Å²) >= 11 is 1.13. The Morgan fingerprint density at radius 3 is 2.63 bits per heavy atom. The number of aromatic nitrogens is 2. The van der Waals surface area contributed by atoms with Crippen molar-refractivity contribution in [1.82, 2.24) is 15.5 Å². The number of carbonyl (C=O) groups is 1. The normalized spacial score (nSPS) is 11.1. The summed E-state index contributed by atoms with van der Waals surface area (Å²) in [5.74, 6) is 1.62. The molecule has 0 radical (unpaired) electrons. The number of alkyl halides is 3. The van der Waals surface area contributed by atoms with Gasteiger partial charge in [0.05, 0.1) is 14.2 Å². The van der Waals surface area contributed by atoms with Gasteiger partial charge in [0.25, 0.3) is 5.22 Å². The molecule has 8 nitrogen and oxygen atoms in total. The first-order valence-electron chi connectivity index (χ1n) is 7.48. The fourth-order valence-corrected chi connectivity index (χ4v) is 2.46. The molecule has 2 rings (SSSR count). The summed E-state index contributed by atoms with van der Waals surface area (Å²) in [5.41, 5.74) is 0.626. The number of nitrogens with zero attached hydrogens (tertiary/aromatic N) is 2. The zero-order chi connectivity index (χ0) is 19.9. The van der Waals surface area contributed by atoms with Crippen LogP contribution in [-0.4, -0.2) is 55.6 Å². The maximum Gasteiger partial charge on any atom is 0.422 e. The molecular weight excluding hydrogens is 391 g/mol. The summed E-state index contributed by atoms with van der Waals surface area (Å²) in [6, 6.07) is 5.10. The molecule has 12 heteroatoms. The molecule has 1 N–H and O–H groups in total. The van der Waals surface area contributed by atoms with Crippen molar-refractivity contribution >= 4 is 17.9 Å². The number of benzene rings is 1. The van der Waals surface area contributed by atoms with Crippen LogP contribution in [0, 0.1) is 0 Å². The summed E-state index contributed by atoms with van der Waals surface area (Å²) < 4.78 is 55.6. The third-order valence-corrected chi connectivity index (χ3v) is 3.82. The molecule has 0 unspecified atom stereocenters. The molecular formula is C15H16F3N3O5S. The van der Waals surface area contributed by atoms with Gasteiger partial charge in [0.1, 0.15) is 0 Å². The van der Waals surface area contributed by atoms with Crippen LogP contribution in [0.5, 0.6) is 11.5 Å². The van der Waals surface area contributed by atoms with Crippen LogP contribution < -0.4 is 14.8 Å². The number of thioether (sulfide) groups is 1. The number of alkyl carbamates (subject to hydrolysis) is 1. The van der Waals surface area contributed by atoms with Gasteiger partial charge in [-0.3, -0.25) is 0 Å². The van der Waals surface area contributed by atoms with Crippen molar-refractivity contribution in [1.29, 1.82) is 0 Å². The number of hydrogen-bond donors (Lipinski definition) is 1. The summed E-state index contributed by atoms with van der Waals surface area (Å²) in [7, 11) is 3.02. The number of hydrogen-bond acceptors (Lipinski definition) is 8. The lowest BCUT2D eigenvalue weighted by molar-refractivity contribution is -0.160. The monoisotopic (exact) mass is 407 g/mol. The largest absolute Gasteiger partial charge is 0.493 e. The summed E-state index contributed by atoms with van der Waals surface area (Å²) in [5, 5.41) is 10.2. The summed E-state index contributed by atoms with van der Waals surface area (Å²) in [6.07, 6.45) is -5.71. The van der Waals surface area contributed by atoms with Gasteiger partial charge in [-0.15, -0.1) is 10.2 Å². The van der Waals surface area contributed by atoms with Crippen LogP contribution in [0.15, 0.2) is 27.8 Å². The average molecular weight is 407 g/mol. The first-order valence-corrected chi connectivity index (χ1v) is 8.47. The maximum absolute atomic E-state index is 11.9. The van der Waals surface area contributed by atoms with Gasteiger partial charge in [0, 0.05) is 17.9 Å². The summed E-state index contributed by atoms with van der Waals surface area (Å²) in [6.45, 7) is -1.57. The Bertz CT molecular complexity index is 769. The van der Waals surface area contributed by atoms with Crippen molar-refractivity contribution in [2.24, 2.45) is 0 Å². The minimum absolute atomic E-state index is 0.0649. The molecule has 0 fully saturated rings. The maximum atomic E-state index is 11.9. The smallest absolute Gasteiger partial charge is 0.422 e. The molecule has 0 saturated heterocycles. The molecule has 1 aromatic heterocycles. The fraction of sp³-hybridized carbons (Fsp3) is 0.400. The first-order chi connectivity index (χ1) is 12.8. The van der Waals surface area contributed by atoms with E-state index in [9.17, 15) is 18.0 Å². The van der Waals surface area contributed by atoms with Gasteiger partial charge in [-0.25, -0.2) is 4.79 Å². The molecule has 0 spiro atoms. The Kier molecular flexibility index (Phi) is 7.16. The molecule has 0 saturated carbocycles. The van der Waals surface area contributed by atoms with E-state index in [4.69, 9.17) is 13.9 Å². The molecule has 0 bridgehead atoms. The quantitative estimate of drug-likeness (QED) is 0.527. The number of methoxy groups -OCH3 is 2. The van der Waals surface area contributed by atoms with Crippen LogP contribution in [-0.2, 0) is 4.74 Å². The number of amides is 1. The van der Waals surface area contributed by atoms with Gasteiger partial charge >= 0.3 is 12.3 Å². The van der Waals surface area contributed by atoms with Crippen LogP contribution >= 0.6 is 11.8 Å². The molecule has 0 aliphatic rings. The molecule has 0 atom stereocenters. The van der Waals surface area contributed by atoms with E-state index in [-0.39, 0.29) is 17.7 Å². The topological polar surface area (TPSA) is 95.7 Å². The molecule has 27 heavy (non-hydrogen) atoms. The van der Waals surface area contributed by atoms with E-state index in [1.807, 2.05) is 0 Å². The third-order valence-electron chi connectivity index (χ3n) is 3.00. The van der Waals surface area contributed by atoms with Crippen molar-refractivity contribution in [3.8, 4) is 23.0 Å². The van der Waals surface area contributed by atoms with Crippen LogP contribution in [0.2, 0.25) is 0 Å². The first kappa shape index (κ1) is 20.7. The van der Waals surface area contributed by atoms with Gasteiger partial charge in [0.2, 0.25) is 5.89 Å². The second-order valence-electron chi connectivity index (χ2n) is 4.91. The van der Waals surface area contributed by atoms with Crippen LogP contribution in [0.25, 0.3) is 11.5 Å². The Hall–Kier alpha value is -2.63. The van der Waals surface area contributed by atoms with E-state index >= 15 is 0 Å². The Morgan fingerprint density at radius 1 is 1.22 bits per heavy atom. The molecule has 148 valence electrons. The molecule has 2 aromatic rings. The van der Waals surface area contributed by atoms with Crippen molar-refractivity contribution in [3.05, 3.63) is 18.2 Å². The van der Waals surface area contributed by atoms with E-state index in [0.29, 0.717) is 22.8 Å². The number of halogens is 3. The number of rotatable bonds is 8. The highest BCUT2D eigenvalue weighted by Gasteiger charge is 2.29. The van der Waals surface area contributed by atoms with Crippen LogP contribution in [0.1, 0.15) is 0 Å². The van der Waals surface area contributed by atoms with Crippen molar-refractivity contribution in [2.75, 3.05) is 33.1 Å². The van der Waals surface area contributed by atoms with E-state index in [1.54, 1.807) is 18.2 Å². The number of ether oxygens (including phenoxy) is 3. The third kappa shape index (κ3) is 6.55. The Balaban J connectivity index is 1.82. The van der Waals surface area contributed by atoms with Gasteiger partial charge in [0.15, 0.2) is 18.1 Å². The minimum Gasteiger partial charge on any atom is -0.493 e. The molecule has 0 aliphatic heterocycles. The van der Waals surface area contributed by atoms with Gasteiger partial charge in [-0.1, -0.05) is 11.8 Å². The number of nitrogens with one attached hydrogen (secondary N) is 1. The van der Waals surface area contributed by atoms with E-state index in [0.717, 1.165) is 11.8 Å². The molecule has 0 aliphatic carbocycles. The second kappa shape index (κ2) is 9.35. The average Bonchev–Trinajstić information content (AvgIpc) is 3.11. The van der Waals surface area contributed by atoms with Crippen molar-refractivity contribution in [2.45, 2.75) is 11.4 Å². The predicted octanol–water partition coefficient (Wildman–Crippen LogP) is 3.13. The van der Waals surface area contributed by atoms with E-state index < -0.39 is 18.9 Å². The minimum atomic E-state index is -4.56. The van der Waals surface area contributed by atoms with Crippen molar-refractivity contribution in [3.63, 3.8) is 0 Å². The lowest BCUT2D eigenvalue weighted by Crippen LogP contribution is -2.30. The van der Waals surface area contributed by atoms with E-state index in [1.165, 1.54) is 14.2 Å². The molecule has 1 aromatic carbocycles. The van der Waals surface area contributed by atoms with Gasteiger partial charge in [-0.2, -0.15) is 13.2 Å². The van der Waals surface area contributed by atoms with Crippen LogP contribution in [0.4, 0.5) is 18.0 Å². The lowest BCUT2D eigenvalue weighted by atomic mass is 10.2. The zero-order valence-corrected chi connectivity index (χ0v) is 15.1. The highest BCUT2D eigenvalue weighted by molar-refractivity contribution is 7.99. The van der Waals surface area contributed by atoms with Crippen molar-refractivity contribution < 1.29 is 36.6 Å². The van der Waals surface area contributed by atoms with E-state index in [2.05, 4.69) is 20.3 Å². The second-order valence-corrected chi connectivity index (χ2v) is 5.96. The summed E-state index contributed by atoms with van der Waals surface area (Å²) in [4.78, 5) is 11.1. The predicted molar refractivity (Wildman–Crippen MR) is 89.0 cm³/mol.